The van der Waals surface area contributed by atoms with Crippen LogP contribution in [0.3, 0.4) is 0 Å². The van der Waals surface area contributed by atoms with Gasteiger partial charge in [-0.3, -0.25) is 4.21 Å². The number of rotatable bonds is 17. The molecule has 2 nitrogen and oxygen atoms in total. The van der Waals surface area contributed by atoms with E-state index in [1.54, 1.807) is 0 Å². The maximum atomic E-state index is 11.8. The SMILES string of the molecule is CCCOCCCS(=O)CCCCCCCCCCC(C)C. The second kappa shape index (κ2) is 17.5. The van der Waals surface area contributed by atoms with Gasteiger partial charge in [0, 0.05) is 35.5 Å². The Bertz CT molecular complexity index is 242. The lowest BCUT2D eigenvalue weighted by Gasteiger charge is -2.05. The second-order valence-corrected chi connectivity index (χ2v) is 8.52. The number of ether oxygens (including phenoxy) is 1. The van der Waals surface area contributed by atoms with Crippen LogP contribution in [0.1, 0.15) is 91.4 Å². The van der Waals surface area contributed by atoms with Crippen LogP contribution in [0.15, 0.2) is 0 Å². The van der Waals surface area contributed by atoms with Gasteiger partial charge in [-0.15, -0.1) is 0 Å². The Morgan fingerprint density at radius 3 is 1.91 bits per heavy atom. The molecule has 134 valence electrons. The number of hydrogen-bond acceptors (Lipinski definition) is 2. The van der Waals surface area contributed by atoms with Crippen molar-refractivity contribution in [1.29, 1.82) is 0 Å². The van der Waals surface area contributed by atoms with E-state index in [2.05, 4.69) is 20.8 Å². The molecule has 0 amide bonds. The van der Waals surface area contributed by atoms with Gasteiger partial charge in [-0.05, 0) is 25.2 Å². The standard InChI is InChI=1S/C19H40O2S/c1-4-15-21-16-13-18-22(20)17-12-10-8-6-5-7-9-11-14-19(2)3/h19H,4-18H2,1-3H3. The molecule has 0 aromatic heterocycles. The van der Waals surface area contributed by atoms with Gasteiger partial charge in [0.25, 0.3) is 0 Å². The summed E-state index contributed by atoms with van der Waals surface area (Å²) in [5, 5.41) is 0. The summed E-state index contributed by atoms with van der Waals surface area (Å²) in [7, 11) is -0.622. The average Bonchev–Trinajstić information content (AvgIpc) is 2.48. The van der Waals surface area contributed by atoms with Crippen molar-refractivity contribution in [1.82, 2.24) is 0 Å². The maximum Gasteiger partial charge on any atom is 0.0474 e. The summed E-state index contributed by atoms with van der Waals surface area (Å²) in [6.07, 6.45) is 14.1. The second-order valence-electron chi connectivity index (χ2n) is 6.82. The van der Waals surface area contributed by atoms with Crippen molar-refractivity contribution >= 4 is 10.8 Å². The summed E-state index contributed by atoms with van der Waals surface area (Å²) in [4.78, 5) is 0. The molecule has 0 heterocycles. The number of unbranched alkanes of at least 4 members (excludes halogenated alkanes) is 7. The summed E-state index contributed by atoms with van der Waals surface area (Å²) in [6.45, 7) is 8.34. The predicted molar refractivity (Wildman–Crippen MR) is 100.0 cm³/mol. The van der Waals surface area contributed by atoms with E-state index in [9.17, 15) is 4.21 Å². The molecule has 0 rings (SSSR count). The van der Waals surface area contributed by atoms with E-state index in [0.717, 1.165) is 49.9 Å². The third-order valence-electron chi connectivity index (χ3n) is 3.91. The summed E-state index contributed by atoms with van der Waals surface area (Å²) in [5.74, 6) is 2.57. The Balaban J connectivity index is 3.13. The molecule has 0 fully saturated rings. The van der Waals surface area contributed by atoms with Gasteiger partial charge < -0.3 is 4.74 Å². The topological polar surface area (TPSA) is 26.3 Å². The van der Waals surface area contributed by atoms with Gasteiger partial charge >= 0.3 is 0 Å². The molecular formula is C19H40O2S. The lowest BCUT2D eigenvalue weighted by molar-refractivity contribution is 0.136. The highest BCUT2D eigenvalue weighted by molar-refractivity contribution is 7.84. The summed E-state index contributed by atoms with van der Waals surface area (Å²) in [5.41, 5.74) is 0. The molecule has 0 aromatic rings. The molecule has 0 bridgehead atoms. The first-order chi connectivity index (χ1) is 10.7. The smallest absolute Gasteiger partial charge is 0.0474 e. The molecule has 0 aromatic carbocycles. The lowest BCUT2D eigenvalue weighted by atomic mass is 10.0. The Morgan fingerprint density at radius 2 is 1.32 bits per heavy atom. The Kier molecular flexibility index (Phi) is 17.6. The van der Waals surface area contributed by atoms with E-state index in [1.165, 1.54) is 51.4 Å². The molecule has 0 aliphatic heterocycles. The van der Waals surface area contributed by atoms with Crippen molar-refractivity contribution in [2.45, 2.75) is 91.4 Å². The monoisotopic (exact) mass is 332 g/mol. The Labute approximate surface area is 142 Å². The van der Waals surface area contributed by atoms with Crippen LogP contribution in [0, 0.1) is 5.92 Å². The van der Waals surface area contributed by atoms with Gasteiger partial charge in [0.2, 0.25) is 0 Å². The van der Waals surface area contributed by atoms with Crippen LogP contribution in [0.2, 0.25) is 0 Å². The van der Waals surface area contributed by atoms with E-state index in [4.69, 9.17) is 4.74 Å². The van der Waals surface area contributed by atoms with E-state index in [1.807, 2.05) is 0 Å². The molecule has 0 spiro atoms. The Hall–Kier alpha value is 0.110. The largest absolute Gasteiger partial charge is 0.381 e. The van der Waals surface area contributed by atoms with Gasteiger partial charge in [0.1, 0.15) is 0 Å². The van der Waals surface area contributed by atoms with Gasteiger partial charge in [0.15, 0.2) is 0 Å². The first kappa shape index (κ1) is 22.1. The Morgan fingerprint density at radius 1 is 0.773 bits per heavy atom. The highest BCUT2D eigenvalue weighted by Crippen LogP contribution is 2.12. The number of hydrogen-bond donors (Lipinski definition) is 0. The van der Waals surface area contributed by atoms with Crippen molar-refractivity contribution in [2.24, 2.45) is 5.92 Å². The van der Waals surface area contributed by atoms with Crippen LogP contribution in [-0.4, -0.2) is 28.9 Å². The predicted octanol–water partition coefficient (Wildman–Crippen LogP) is 5.72. The van der Waals surface area contributed by atoms with Gasteiger partial charge in [-0.25, -0.2) is 0 Å². The zero-order chi connectivity index (χ0) is 16.5. The van der Waals surface area contributed by atoms with Crippen molar-refractivity contribution in [3.05, 3.63) is 0 Å². The molecular weight excluding hydrogens is 292 g/mol. The molecule has 0 saturated heterocycles. The molecule has 0 radical (unpaired) electrons. The normalized spacial score (nSPS) is 12.9. The zero-order valence-electron chi connectivity index (χ0n) is 15.4. The minimum Gasteiger partial charge on any atom is -0.381 e. The molecule has 0 aliphatic carbocycles. The van der Waals surface area contributed by atoms with Gasteiger partial charge in [-0.2, -0.15) is 0 Å². The minimum atomic E-state index is -0.622. The van der Waals surface area contributed by atoms with Crippen LogP contribution >= 0.6 is 0 Å². The van der Waals surface area contributed by atoms with E-state index in [-0.39, 0.29) is 0 Å². The zero-order valence-corrected chi connectivity index (χ0v) is 16.2. The molecule has 1 atom stereocenters. The summed E-state index contributed by atoms with van der Waals surface area (Å²) < 4.78 is 17.2. The van der Waals surface area contributed by atoms with Crippen LogP contribution in [-0.2, 0) is 15.5 Å². The third-order valence-corrected chi connectivity index (χ3v) is 5.40. The maximum absolute atomic E-state index is 11.8. The fraction of sp³-hybridized carbons (Fsp3) is 1.00. The van der Waals surface area contributed by atoms with Crippen LogP contribution in [0.4, 0.5) is 0 Å². The van der Waals surface area contributed by atoms with Crippen LogP contribution in [0.25, 0.3) is 0 Å². The van der Waals surface area contributed by atoms with E-state index >= 15 is 0 Å². The average molecular weight is 333 g/mol. The highest BCUT2D eigenvalue weighted by Gasteiger charge is 2.00. The first-order valence-electron chi connectivity index (χ1n) is 9.59. The summed E-state index contributed by atoms with van der Waals surface area (Å²) in [6, 6.07) is 0. The van der Waals surface area contributed by atoms with Crippen molar-refractivity contribution < 1.29 is 8.95 Å². The fourth-order valence-electron chi connectivity index (χ4n) is 2.55. The van der Waals surface area contributed by atoms with Crippen molar-refractivity contribution in [3.63, 3.8) is 0 Å². The highest BCUT2D eigenvalue weighted by atomic mass is 32.2. The van der Waals surface area contributed by atoms with Crippen molar-refractivity contribution in [3.8, 4) is 0 Å². The quantitative estimate of drug-likeness (QED) is 0.318. The van der Waals surface area contributed by atoms with E-state index in [0.29, 0.717) is 0 Å². The van der Waals surface area contributed by atoms with Gasteiger partial charge in [-0.1, -0.05) is 72.1 Å². The molecule has 0 saturated carbocycles. The third kappa shape index (κ3) is 18.2. The van der Waals surface area contributed by atoms with Gasteiger partial charge in [0.05, 0.1) is 0 Å². The molecule has 22 heavy (non-hydrogen) atoms. The first-order valence-corrected chi connectivity index (χ1v) is 11.1. The molecule has 1 unspecified atom stereocenters. The van der Waals surface area contributed by atoms with Crippen LogP contribution < -0.4 is 0 Å². The fourth-order valence-corrected chi connectivity index (χ4v) is 3.72. The van der Waals surface area contributed by atoms with Crippen LogP contribution in [0.5, 0.6) is 0 Å². The molecule has 0 N–H and O–H groups in total. The van der Waals surface area contributed by atoms with E-state index < -0.39 is 10.8 Å². The van der Waals surface area contributed by atoms with Crippen molar-refractivity contribution in [2.75, 3.05) is 24.7 Å². The molecule has 0 aliphatic rings. The summed E-state index contributed by atoms with van der Waals surface area (Å²) >= 11 is 0. The lowest BCUT2D eigenvalue weighted by Crippen LogP contribution is -2.06. The molecule has 3 heteroatoms. The minimum absolute atomic E-state index is 0.622.